The summed E-state index contributed by atoms with van der Waals surface area (Å²) in [4.78, 5) is 27.6. The highest BCUT2D eigenvalue weighted by Gasteiger charge is 2.70. The Hall–Kier alpha value is -2.08. The molecule has 23 heteroatoms. The summed E-state index contributed by atoms with van der Waals surface area (Å²) in [5.41, 5.74) is -1.31. The standard InChI is InChI=1S/C53H84O23/c1-48(2)14-16-53(47(68)76-45-38(64)34(60)32(58)26(72-45)21-70-43-37(63)33(59)31(57)25(19-54)71-43)17-15-51(6)22(23(53)18-48)8-9-28-50(5)12-11-29(49(3,4)27(50)10-13-52(28,51)7)73-46-39(65)35(61)40(41(75-46)42(66)67)74-44-36(62)30(56)24(55)20-69-44/h8,23-41,43-46,54-65H,9-21H2,1-7H3,(H,66,67)/t23-,24-,25+,26+,27?,28?,29-,30-,31+,32+,33-,34-,35+,36+,37+,38+,39+,40-,41-,43+,44-,45-,46+,50-,51+,52+,53-/m0/s1. The number of ether oxygens (including phenoxy) is 8. The number of aliphatic hydroxyl groups excluding tert-OH is 12. The van der Waals surface area contributed by atoms with Crippen LogP contribution in [-0.4, -0.2) is 221 Å². The van der Waals surface area contributed by atoms with Gasteiger partial charge in [0.25, 0.3) is 0 Å². The lowest BCUT2D eigenvalue weighted by atomic mass is 9.33. The van der Waals surface area contributed by atoms with Crippen molar-refractivity contribution in [1.29, 1.82) is 0 Å². The lowest BCUT2D eigenvalue weighted by molar-refractivity contribution is -0.354. The van der Waals surface area contributed by atoms with E-state index in [-0.39, 0.29) is 39.4 Å². The first-order valence-electron chi connectivity index (χ1n) is 27.2. The molecule has 5 aliphatic carbocycles. The number of hydrogen-bond acceptors (Lipinski definition) is 22. The summed E-state index contributed by atoms with van der Waals surface area (Å²) in [5, 5.41) is 137. The number of carbonyl (C=O) groups is 2. The molecule has 9 rings (SSSR count). The van der Waals surface area contributed by atoms with Crippen molar-refractivity contribution in [3.63, 3.8) is 0 Å². The Morgan fingerprint density at radius 3 is 1.92 bits per heavy atom. The molecule has 8 fully saturated rings. The third-order valence-electron chi connectivity index (χ3n) is 21.0. The molecule has 4 saturated carbocycles. The Morgan fingerprint density at radius 1 is 0.632 bits per heavy atom. The molecule has 0 aromatic rings. The van der Waals surface area contributed by atoms with Crippen LogP contribution in [0.5, 0.6) is 0 Å². The number of rotatable bonds is 11. The minimum atomic E-state index is -1.87. The average molecular weight is 1090 g/mol. The summed E-state index contributed by atoms with van der Waals surface area (Å²) in [5.74, 6) is -2.09. The van der Waals surface area contributed by atoms with Gasteiger partial charge in [-0.15, -0.1) is 0 Å². The number of esters is 1. The van der Waals surface area contributed by atoms with Crippen LogP contribution in [0, 0.1) is 50.2 Å². The van der Waals surface area contributed by atoms with Gasteiger partial charge in [0.1, 0.15) is 85.5 Å². The van der Waals surface area contributed by atoms with E-state index in [1.54, 1.807) is 0 Å². The second-order valence-corrected chi connectivity index (χ2v) is 25.9. The van der Waals surface area contributed by atoms with E-state index in [2.05, 4.69) is 54.5 Å². The number of aliphatic carboxylic acids is 1. The maximum atomic E-state index is 15.0. The van der Waals surface area contributed by atoms with Gasteiger partial charge in [-0.25, -0.2) is 4.79 Å². The van der Waals surface area contributed by atoms with E-state index < -0.39 is 165 Å². The largest absolute Gasteiger partial charge is 0.479 e. The van der Waals surface area contributed by atoms with Gasteiger partial charge in [0.05, 0.1) is 31.3 Å². The van der Waals surface area contributed by atoms with Gasteiger partial charge in [0.15, 0.2) is 25.0 Å². The molecule has 4 aliphatic heterocycles. The van der Waals surface area contributed by atoms with Gasteiger partial charge in [-0.05, 0) is 109 Å². The van der Waals surface area contributed by atoms with Crippen molar-refractivity contribution in [2.24, 2.45) is 50.2 Å². The molecule has 13 N–H and O–H groups in total. The molecule has 9 aliphatic rings. The van der Waals surface area contributed by atoms with E-state index in [9.17, 15) is 71.2 Å². The third-order valence-corrected chi connectivity index (χ3v) is 21.0. The van der Waals surface area contributed by atoms with Crippen LogP contribution in [-0.2, 0) is 47.5 Å². The van der Waals surface area contributed by atoms with E-state index in [1.165, 1.54) is 5.57 Å². The van der Waals surface area contributed by atoms with Crippen LogP contribution >= 0.6 is 0 Å². The van der Waals surface area contributed by atoms with E-state index in [1.807, 2.05) is 0 Å². The second kappa shape index (κ2) is 21.0. The van der Waals surface area contributed by atoms with Crippen LogP contribution < -0.4 is 0 Å². The molecular formula is C53H84O23. The monoisotopic (exact) mass is 1090 g/mol. The molecule has 4 saturated heterocycles. The Kier molecular flexibility index (Phi) is 16.2. The first kappa shape index (κ1) is 58.6. The lowest BCUT2D eigenvalue weighted by Gasteiger charge is -2.71. The summed E-state index contributed by atoms with van der Waals surface area (Å²) in [7, 11) is 0. The van der Waals surface area contributed by atoms with Gasteiger partial charge in [-0.3, -0.25) is 4.79 Å². The fourth-order valence-corrected chi connectivity index (χ4v) is 16.1. The Labute approximate surface area is 442 Å². The van der Waals surface area contributed by atoms with Crippen molar-refractivity contribution in [2.75, 3.05) is 19.8 Å². The molecule has 0 aromatic carbocycles. The quantitative estimate of drug-likeness (QED) is 0.0649. The molecule has 76 heavy (non-hydrogen) atoms. The number of carbonyl (C=O) groups excluding carboxylic acids is 1. The first-order valence-corrected chi connectivity index (χ1v) is 27.2. The smallest absolute Gasteiger partial charge is 0.335 e. The maximum absolute atomic E-state index is 15.0. The van der Waals surface area contributed by atoms with Crippen molar-refractivity contribution in [3.8, 4) is 0 Å². The van der Waals surface area contributed by atoms with Crippen molar-refractivity contribution >= 4 is 11.9 Å². The number of allylic oxidation sites excluding steroid dienone is 2. The number of aliphatic hydroxyl groups is 12. The Morgan fingerprint density at radius 2 is 1.25 bits per heavy atom. The molecule has 23 nitrogen and oxygen atoms in total. The predicted octanol–water partition coefficient (Wildman–Crippen LogP) is -1.30. The molecule has 434 valence electrons. The second-order valence-electron chi connectivity index (χ2n) is 25.9. The average Bonchev–Trinajstić information content (AvgIpc) is 3.39. The predicted molar refractivity (Wildman–Crippen MR) is 257 cm³/mol. The zero-order valence-electron chi connectivity index (χ0n) is 44.4. The summed E-state index contributed by atoms with van der Waals surface area (Å²) in [6, 6.07) is 0. The summed E-state index contributed by atoms with van der Waals surface area (Å²) >= 11 is 0. The molecule has 0 bridgehead atoms. The number of fused-ring (bicyclic) bond motifs is 7. The molecule has 0 spiro atoms. The van der Waals surface area contributed by atoms with Crippen LogP contribution in [0.4, 0.5) is 0 Å². The van der Waals surface area contributed by atoms with Crippen molar-refractivity contribution in [3.05, 3.63) is 11.6 Å². The third kappa shape index (κ3) is 9.52. The zero-order valence-corrected chi connectivity index (χ0v) is 44.4. The minimum Gasteiger partial charge on any atom is -0.479 e. The fourth-order valence-electron chi connectivity index (χ4n) is 16.1. The lowest BCUT2D eigenvalue weighted by Crippen LogP contribution is -2.67. The molecule has 0 radical (unpaired) electrons. The fraction of sp³-hybridized carbons (Fsp3) is 0.925. The first-order chi connectivity index (χ1) is 35.5. The summed E-state index contributed by atoms with van der Waals surface area (Å²) < 4.78 is 46.5. The van der Waals surface area contributed by atoms with E-state index in [0.717, 1.165) is 32.1 Å². The number of carboxylic acid groups (broad SMARTS) is 1. The van der Waals surface area contributed by atoms with Crippen LogP contribution in [0.25, 0.3) is 0 Å². The Bertz CT molecular complexity index is 2140. The summed E-state index contributed by atoms with van der Waals surface area (Å²) in [6.07, 6.45) is -23.4. The van der Waals surface area contributed by atoms with Gasteiger partial charge in [0.2, 0.25) is 6.29 Å². The van der Waals surface area contributed by atoms with Gasteiger partial charge in [-0.1, -0.05) is 60.1 Å². The van der Waals surface area contributed by atoms with Crippen LogP contribution in [0.2, 0.25) is 0 Å². The van der Waals surface area contributed by atoms with E-state index >= 15 is 4.79 Å². The SMILES string of the molecule is CC1(C)CC[C@]2(C(=O)O[C@@H]3O[C@H](CO[C@@H]4O[C@H](CO)[C@@H](O)[C@H](O)[C@H]4O)[C@@H](O)[C@H](O)[C@H]3O)CC[C@]3(C)C(=CCC4[C@@]5(C)CC[C@H](O[C@@H]6O[C@H](C(=O)O)[C@@H](O[C@@H]7OC[C@H](O)[C@H](O)[C@H]7O)[C@H](O)[C@H]6O)C(C)(C)C5CC[C@]43C)[C@@H]2C1. The van der Waals surface area contributed by atoms with Gasteiger partial charge >= 0.3 is 11.9 Å². The van der Waals surface area contributed by atoms with Crippen LogP contribution in [0.15, 0.2) is 11.6 Å². The van der Waals surface area contributed by atoms with Crippen molar-refractivity contribution in [2.45, 2.75) is 235 Å². The number of hydrogen-bond donors (Lipinski definition) is 13. The molecule has 0 amide bonds. The highest BCUT2D eigenvalue weighted by Crippen LogP contribution is 2.76. The molecular weight excluding hydrogens is 1000 g/mol. The van der Waals surface area contributed by atoms with E-state index in [0.29, 0.717) is 32.1 Å². The van der Waals surface area contributed by atoms with Gasteiger partial charge in [0, 0.05) is 0 Å². The van der Waals surface area contributed by atoms with Crippen molar-refractivity contribution in [1.82, 2.24) is 0 Å². The normalized spacial score (nSPS) is 52.9. The Balaban J connectivity index is 0.907. The molecule has 27 atom stereocenters. The zero-order chi connectivity index (χ0) is 55.6. The highest BCUT2D eigenvalue weighted by molar-refractivity contribution is 5.79. The number of carboxylic acids is 1. The topological polar surface area (TPSA) is 371 Å². The molecule has 2 unspecified atom stereocenters. The minimum absolute atomic E-state index is 0.0904. The van der Waals surface area contributed by atoms with Gasteiger partial charge in [-0.2, -0.15) is 0 Å². The van der Waals surface area contributed by atoms with E-state index in [4.69, 9.17) is 37.9 Å². The summed E-state index contributed by atoms with van der Waals surface area (Å²) in [6.45, 7) is 14.0. The molecule has 4 heterocycles. The molecule has 0 aromatic heterocycles. The maximum Gasteiger partial charge on any atom is 0.335 e. The van der Waals surface area contributed by atoms with Gasteiger partial charge < -0.3 is 104 Å². The van der Waals surface area contributed by atoms with Crippen LogP contribution in [0.3, 0.4) is 0 Å². The van der Waals surface area contributed by atoms with Crippen LogP contribution in [0.1, 0.15) is 113 Å². The highest BCUT2D eigenvalue weighted by atomic mass is 16.8. The van der Waals surface area contributed by atoms with Crippen molar-refractivity contribution < 1.29 is 114 Å².